The molecule has 0 rings (SSSR count). The fourth-order valence-electron chi connectivity index (χ4n) is 4.27. The van der Waals surface area contributed by atoms with Gasteiger partial charge in [-0.1, -0.05) is 104 Å². The maximum absolute atomic E-state index is 11.8. The van der Waals surface area contributed by atoms with Crippen LogP contribution in [0, 0.1) is 0 Å². The number of hydrogen-bond acceptors (Lipinski definition) is 7. The molecule has 0 aromatic heterocycles. The van der Waals surface area contributed by atoms with E-state index < -0.39 is 20.0 Å². The van der Waals surface area contributed by atoms with Gasteiger partial charge in [0.05, 0.1) is 19.3 Å². The van der Waals surface area contributed by atoms with Gasteiger partial charge in [0.1, 0.15) is 8.46 Å². The van der Waals surface area contributed by atoms with Crippen molar-refractivity contribution in [3.8, 4) is 0 Å². The van der Waals surface area contributed by atoms with Crippen molar-refractivity contribution < 1.29 is 28.7 Å². The van der Waals surface area contributed by atoms with E-state index in [1.165, 1.54) is 108 Å². The van der Waals surface area contributed by atoms with Crippen molar-refractivity contribution in [3.63, 3.8) is 0 Å². The van der Waals surface area contributed by atoms with Crippen LogP contribution in [0.25, 0.3) is 0 Å². The molecule has 0 amide bonds. The Hall–Kier alpha value is -0.0700. The van der Waals surface area contributed by atoms with Crippen molar-refractivity contribution in [1.82, 2.24) is 0 Å². The second kappa shape index (κ2) is 26.2. The maximum Gasteiger partial charge on any atom is 0.374 e. The second-order valence-corrected chi connectivity index (χ2v) is 12.5. The fraction of sp³-hybridized carbons (Fsp3) is 0.966. The average Bonchev–Trinajstić information content (AvgIpc) is 2.90. The summed E-state index contributed by atoms with van der Waals surface area (Å²) in [5.41, 5.74) is -2.33. The van der Waals surface area contributed by atoms with Crippen molar-refractivity contribution in [2.24, 2.45) is 0 Å². The van der Waals surface area contributed by atoms with Crippen molar-refractivity contribution in [1.29, 1.82) is 0 Å². The lowest BCUT2D eigenvalue weighted by atomic mass is 10.1. The summed E-state index contributed by atoms with van der Waals surface area (Å²) in [7, 11) is -1.86. The highest BCUT2D eigenvalue weighted by molar-refractivity contribution is 7.99. The maximum atomic E-state index is 11.8. The van der Waals surface area contributed by atoms with Gasteiger partial charge in [0.2, 0.25) is 0 Å². The van der Waals surface area contributed by atoms with Crippen LogP contribution in [0.4, 0.5) is 0 Å². The van der Waals surface area contributed by atoms with E-state index in [0.29, 0.717) is 18.3 Å². The molecule has 0 spiro atoms. The number of carbonyl (C=O) groups excluding carboxylic acids is 1. The van der Waals surface area contributed by atoms with Crippen LogP contribution in [0.2, 0.25) is 0 Å². The minimum atomic E-state index is -2.33. The molecular formula is C29H59O6PS. The Kier molecular flexibility index (Phi) is 26.1. The number of rotatable bonds is 28. The van der Waals surface area contributed by atoms with Crippen LogP contribution < -0.4 is 0 Å². The van der Waals surface area contributed by atoms with Gasteiger partial charge in [0.15, 0.2) is 0 Å². The number of aliphatic hydroxyl groups is 1. The molecule has 0 aliphatic carbocycles. The molecule has 0 aromatic rings. The molecule has 4 unspecified atom stereocenters. The zero-order valence-corrected chi connectivity index (χ0v) is 26.4. The Labute approximate surface area is 233 Å². The first-order chi connectivity index (χ1) is 17.9. The Morgan fingerprint density at radius 1 is 0.811 bits per heavy atom. The highest BCUT2D eigenvalue weighted by Gasteiger charge is 2.38. The highest BCUT2D eigenvalue weighted by atomic mass is 32.2. The zero-order chi connectivity index (χ0) is 27.6. The standard InChI is InChI=1S/C29H59O6PS/c1-5-8-10-12-14-15-16-18-20-25-37-27(22-19-17-13-11-9-6-2)26(4)34-23-21-24-35-29(31,36-32)28(30)33-7-3/h26-27,31H,5-25,36H2,1-4H3. The van der Waals surface area contributed by atoms with Crippen LogP contribution in [0.3, 0.4) is 0 Å². The molecule has 0 radical (unpaired) electrons. The van der Waals surface area contributed by atoms with Gasteiger partial charge in [-0.15, -0.1) is 0 Å². The van der Waals surface area contributed by atoms with Crippen LogP contribution in [0.15, 0.2) is 0 Å². The molecule has 37 heavy (non-hydrogen) atoms. The normalized spacial score (nSPS) is 15.2. The number of ether oxygens (including phenoxy) is 3. The average molecular weight is 567 g/mol. The summed E-state index contributed by atoms with van der Waals surface area (Å²) in [5, 5.41) is 10.6. The summed E-state index contributed by atoms with van der Waals surface area (Å²) in [6.07, 6.45) is 21.8. The van der Waals surface area contributed by atoms with E-state index in [1.807, 2.05) is 0 Å². The van der Waals surface area contributed by atoms with Crippen molar-refractivity contribution in [3.05, 3.63) is 0 Å². The van der Waals surface area contributed by atoms with E-state index in [-0.39, 0.29) is 19.3 Å². The lowest BCUT2D eigenvalue weighted by Crippen LogP contribution is -2.38. The van der Waals surface area contributed by atoms with Gasteiger partial charge < -0.3 is 23.9 Å². The molecule has 0 aromatic carbocycles. The van der Waals surface area contributed by atoms with Crippen LogP contribution in [0.5, 0.6) is 0 Å². The van der Waals surface area contributed by atoms with Gasteiger partial charge in [-0.3, -0.25) is 0 Å². The predicted molar refractivity (Wildman–Crippen MR) is 159 cm³/mol. The minimum Gasteiger partial charge on any atom is -0.462 e. The molecular weight excluding hydrogens is 507 g/mol. The first-order valence-corrected chi connectivity index (χ1v) is 17.3. The molecule has 0 heterocycles. The van der Waals surface area contributed by atoms with Gasteiger partial charge >= 0.3 is 11.5 Å². The Morgan fingerprint density at radius 3 is 1.89 bits per heavy atom. The Balaban J connectivity index is 4.32. The summed E-state index contributed by atoms with van der Waals surface area (Å²) >= 11 is 2.06. The van der Waals surface area contributed by atoms with Gasteiger partial charge in [-0.25, -0.2) is 4.79 Å². The number of carbonyl (C=O) groups is 1. The second-order valence-electron chi connectivity index (χ2n) is 10.1. The van der Waals surface area contributed by atoms with Gasteiger partial charge in [0, 0.05) is 11.9 Å². The summed E-state index contributed by atoms with van der Waals surface area (Å²) in [5.74, 6) is 0.201. The number of unbranched alkanes of at least 4 members (excludes halogenated alkanes) is 13. The summed E-state index contributed by atoms with van der Waals surface area (Å²) < 4.78 is 27.4. The highest BCUT2D eigenvalue weighted by Crippen LogP contribution is 2.26. The molecule has 6 nitrogen and oxygen atoms in total. The van der Waals surface area contributed by atoms with Gasteiger partial charge in [-0.05, 0) is 38.9 Å². The van der Waals surface area contributed by atoms with Crippen LogP contribution >= 0.6 is 20.2 Å². The van der Waals surface area contributed by atoms with E-state index in [4.69, 9.17) is 14.2 Å². The summed E-state index contributed by atoms with van der Waals surface area (Å²) in [4.78, 5) is 11.8. The third kappa shape index (κ3) is 20.5. The molecule has 1 N–H and O–H groups in total. The molecule has 0 aliphatic heterocycles. The Bertz CT molecular complexity index is 539. The number of thioether (sulfide) groups is 1. The molecule has 0 aliphatic rings. The SMILES string of the molecule is CCCCCCCCCCCSC(CCCCCCCC)C(C)OCCCOC(O)([PH2]=O)C(=O)OCC. The topological polar surface area (TPSA) is 82.1 Å². The van der Waals surface area contributed by atoms with Crippen LogP contribution in [0.1, 0.15) is 137 Å². The molecule has 8 heteroatoms. The third-order valence-corrected chi connectivity index (χ3v) is 8.96. The van der Waals surface area contributed by atoms with Crippen molar-refractivity contribution >= 4 is 26.2 Å². The van der Waals surface area contributed by atoms with E-state index in [1.54, 1.807) is 6.92 Å². The first kappa shape index (κ1) is 36.9. The molecule has 4 atom stereocenters. The van der Waals surface area contributed by atoms with E-state index in [0.717, 1.165) is 0 Å². The third-order valence-electron chi connectivity index (χ3n) is 6.66. The lowest BCUT2D eigenvalue weighted by molar-refractivity contribution is -0.196. The molecule has 0 fully saturated rings. The van der Waals surface area contributed by atoms with Crippen molar-refractivity contribution in [2.75, 3.05) is 25.6 Å². The fourth-order valence-corrected chi connectivity index (χ4v) is 5.99. The monoisotopic (exact) mass is 566 g/mol. The molecule has 0 saturated heterocycles. The quantitative estimate of drug-likeness (QED) is 0.0443. The van der Waals surface area contributed by atoms with Crippen molar-refractivity contribution in [2.45, 2.75) is 154 Å². The molecule has 0 saturated carbocycles. The van der Waals surface area contributed by atoms with Gasteiger partial charge in [-0.2, -0.15) is 11.8 Å². The largest absolute Gasteiger partial charge is 0.462 e. The minimum absolute atomic E-state index is 0.0883. The van der Waals surface area contributed by atoms with Crippen LogP contribution in [-0.2, 0) is 23.6 Å². The predicted octanol–water partition coefficient (Wildman–Crippen LogP) is 8.15. The zero-order valence-electron chi connectivity index (χ0n) is 24.5. The van der Waals surface area contributed by atoms with E-state index in [9.17, 15) is 14.5 Å². The number of esters is 1. The molecule has 0 bridgehead atoms. The summed E-state index contributed by atoms with van der Waals surface area (Å²) in [6, 6.07) is 0. The Morgan fingerprint density at radius 2 is 1.35 bits per heavy atom. The smallest absolute Gasteiger partial charge is 0.374 e. The first-order valence-electron chi connectivity index (χ1n) is 15.2. The van der Waals surface area contributed by atoms with E-state index >= 15 is 0 Å². The summed E-state index contributed by atoms with van der Waals surface area (Å²) in [6.45, 7) is 8.96. The molecule has 222 valence electrons. The van der Waals surface area contributed by atoms with Crippen LogP contribution in [-0.4, -0.2) is 53.5 Å². The number of hydrogen-bond donors (Lipinski definition) is 1. The lowest BCUT2D eigenvalue weighted by Gasteiger charge is -2.25. The van der Waals surface area contributed by atoms with E-state index in [2.05, 4.69) is 32.5 Å². The van der Waals surface area contributed by atoms with Gasteiger partial charge in [0.25, 0.3) is 0 Å².